The number of aromatic nitrogens is 1. The van der Waals surface area contributed by atoms with E-state index in [1.165, 1.54) is 41.9 Å². The van der Waals surface area contributed by atoms with Gasteiger partial charge in [0.05, 0.1) is 28.5 Å². The molecule has 0 radical (unpaired) electrons. The fourth-order valence-corrected chi connectivity index (χ4v) is 7.18. The molecule has 6 rings (SSSR count). The number of carbonyl (C=O) groups excluding carboxylic acids is 1. The third kappa shape index (κ3) is 6.65. The topological polar surface area (TPSA) is 81.9 Å². The van der Waals surface area contributed by atoms with Gasteiger partial charge in [0.2, 0.25) is 0 Å². The van der Waals surface area contributed by atoms with E-state index in [2.05, 4.69) is 5.32 Å². The molecule has 47 heavy (non-hydrogen) atoms. The highest BCUT2D eigenvalue weighted by Crippen LogP contribution is 2.34. The number of hydrogen-bond donors (Lipinski definition) is 1. The fraction of sp³-hybridized carbons (Fsp3) is 0.171. The second-order valence-electron chi connectivity index (χ2n) is 10.8. The van der Waals surface area contributed by atoms with E-state index in [1.807, 2.05) is 48.7 Å². The summed E-state index contributed by atoms with van der Waals surface area (Å²) in [6.07, 6.45) is -2.77. The maximum Gasteiger partial charge on any atom is 0.416 e. The Morgan fingerprint density at radius 3 is 2.57 bits per heavy atom. The number of nitrogens with one attached hydrogen (secondary N) is 1. The first-order valence-electron chi connectivity index (χ1n) is 14.4. The lowest BCUT2D eigenvalue weighted by Gasteiger charge is -2.24. The number of anilines is 1. The molecule has 240 valence electrons. The summed E-state index contributed by atoms with van der Waals surface area (Å²) in [6, 6.07) is 20.5. The number of hydrogen-bond acceptors (Lipinski definition) is 7. The molecular formula is C35H28F3N3O4S2. The van der Waals surface area contributed by atoms with E-state index in [0.29, 0.717) is 43.2 Å². The van der Waals surface area contributed by atoms with Crippen molar-refractivity contribution in [3.63, 3.8) is 0 Å². The number of para-hydroxylation sites is 1. The van der Waals surface area contributed by atoms with Crippen molar-refractivity contribution in [2.24, 2.45) is 4.99 Å². The number of ether oxygens (including phenoxy) is 2. The van der Waals surface area contributed by atoms with Crippen molar-refractivity contribution in [2.45, 2.75) is 32.7 Å². The number of alkyl halides is 3. The van der Waals surface area contributed by atoms with Gasteiger partial charge < -0.3 is 14.8 Å². The molecule has 1 atom stereocenters. The predicted octanol–water partition coefficient (Wildman–Crippen LogP) is 6.85. The molecule has 0 saturated heterocycles. The number of thiazole rings is 1. The zero-order valence-electron chi connectivity index (χ0n) is 25.4. The summed E-state index contributed by atoms with van der Waals surface area (Å²) in [5.74, 6) is 0.203. The van der Waals surface area contributed by atoms with Crippen LogP contribution in [0, 0.1) is 6.92 Å². The molecule has 1 N–H and O–H groups in total. The van der Waals surface area contributed by atoms with Crippen LogP contribution in [0.5, 0.6) is 11.5 Å². The number of aryl methyl sites for hydroxylation is 1. The van der Waals surface area contributed by atoms with Crippen molar-refractivity contribution >= 4 is 40.3 Å². The molecule has 7 nitrogen and oxygen atoms in total. The number of allylic oxidation sites excluding steroid dienone is 1. The Kier molecular flexibility index (Phi) is 8.89. The lowest BCUT2D eigenvalue weighted by Crippen LogP contribution is -2.40. The van der Waals surface area contributed by atoms with Gasteiger partial charge in [-0.25, -0.2) is 4.99 Å². The number of carbonyl (C=O) groups is 1. The first-order valence-corrected chi connectivity index (χ1v) is 16.1. The van der Waals surface area contributed by atoms with Crippen molar-refractivity contribution in [1.82, 2.24) is 4.57 Å². The minimum absolute atomic E-state index is 0.0619. The smallest absolute Gasteiger partial charge is 0.416 e. The maximum absolute atomic E-state index is 14.0. The van der Waals surface area contributed by atoms with Crippen LogP contribution in [0.3, 0.4) is 0 Å². The first-order chi connectivity index (χ1) is 22.5. The zero-order valence-corrected chi connectivity index (χ0v) is 27.1. The molecule has 3 heterocycles. The molecule has 0 saturated carbocycles. The molecule has 5 aromatic rings. The van der Waals surface area contributed by atoms with E-state index in [4.69, 9.17) is 14.5 Å². The van der Waals surface area contributed by atoms with E-state index < -0.39 is 17.8 Å². The van der Waals surface area contributed by atoms with Gasteiger partial charge in [0.15, 0.2) is 4.80 Å². The summed E-state index contributed by atoms with van der Waals surface area (Å²) in [4.78, 5) is 33.8. The van der Waals surface area contributed by atoms with Crippen molar-refractivity contribution in [3.05, 3.63) is 142 Å². The highest BCUT2D eigenvalue weighted by molar-refractivity contribution is 7.10. The Morgan fingerprint density at radius 1 is 1.04 bits per heavy atom. The van der Waals surface area contributed by atoms with E-state index >= 15 is 0 Å². The molecule has 0 fully saturated rings. The van der Waals surface area contributed by atoms with Gasteiger partial charge in [0, 0.05) is 16.1 Å². The number of halogens is 3. The van der Waals surface area contributed by atoms with Gasteiger partial charge in [-0.05, 0) is 78.9 Å². The molecule has 1 unspecified atom stereocenters. The number of fused-ring (bicyclic) bond motifs is 1. The lowest BCUT2D eigenvalue weighted by molar-refractivity contribution is -0.137. The summed E-state index contributed by atoms with van der Waals surface area (Å²) < 4.78 is 52.7. The van der Waals surface area contributed by atoms with Gasteiger partial charge in [0.25, 0.3) is 11.5 Å². The number of amides is 1. The van der Waals surface area contributed by atoms with Crippen molar-refractivity contribution in [3.8, 4) is 11.5 Å². The average molecular weight is 676 g/mol. The van der Waals surface area contributed by atoms with Crippen molar-refractivity contribution < 1.29 is 27.4 Å². The summed E-state index contributed by atoms with van der Waals surface area (Å²) in [6.45, 7) is 3.61. The molecule has 3 aromatic carbocycles. The van der Waals surface area contributed by atoms with E-state index in [0.717, 1.165) is 22.6 Å². The van der Waals surface area contributed by atoms with Crippen LogP contribution in [0.4, 0.5) is 18.9 Å². The monoisotopic (exact) mass is 675 g/mol. The van der Waals surface area contributed by atoms with E-state index in [-0.39, 0.29) is 23.8 Å². The second-order valence-corrected chi connectivity index (χ2v) is 12.7. The van der Waals surface area contributed by atoms with Crippen LogP contribution in [0.25, 0.3) is 6.08 Å². The maximum atomic E-state index is 14.0. The minimum atomic E-state index is -4.49. The van der Waals surface area contributed by atoms with Gasteiger partial charge in [-0.3, -0.25) is 14.2 Å². The minimum Gasteiger partial charge on any atom is -0.496 e. The third-order valence-electron chi connectivity index (χ3n) is 7.63. The Bertz CT molecular complexity index is 2180. The van der Waals surface area contributed by atoms with Crippen LogP contribution in [0.1, 0.15) is 40.1 Å². The fourth-order valence-electron chi connectivity index (χ4n) is 5.31. The van der Waals surface area contributed by atoms with E-state index in [1.54, 1.807) is 35.8 Å². The van der Waals surface area contributed by atoms with Crippen LogP contribution in [-0.2, 0) is 17.6 Å². The number of rotatable bonds is 8. The van der Waals surface area contributed by atoms with Crippen LogP contribution in [0.15, 0.2) is 105 Å². The van der Waals surface area contributed by atoms with Gasteiger partial charge in [-0.15, -0.1) is 11.3 Å². The SMILES string of the molecule is COc1ccc(/C=c2/sc3n(c2=O)C(c2cccs2)C(C(=O)Nc2ccccc2C)=C(C)N=3)cc1COc1cccc(C(F)(F)F)c1. The van der Waals surface area contributed by atoms with Crippen LogP contribution in [-0.4, -0.2) is 17.6 Å². The zero-order chi connectivity index (χ0) is 33.3. The number of methoxy groups -OCH3 is 1. The van der Waals surface area contributed by atoms with Crippen LogP contribution >= 0.6 is 22.7 Å². The summed E-state index contributed by atoms with van der Waals surface area (Å²) in [7, 11) is 1.49. The van der Waals surface area contributed by atoms with E-state index in [9.17, 15) is 22.8 Å². The van der Waals surface area contributed by atoms with Gasteiger partial charge in [0.1, 0.15) is 24.1 Å². The molecule has 1 amide bonds. The lowest BCUT2D eigenvalue weighted by atomic mass is 10.0. The first kappa shape index (κ1) is 32.0. The molecular weight excluding hydrogens is 648 g/mol. The average Bonchev–Trinajstić information content (AvgIpc) is 3.68. The van der Waals surface area contributed by atoms with Crippen LogP contribution in [0.2, 0.25) is 0 Å². The molecule has 12 heteroatoms. The Hall–Kier alpha value is -4.94. The largest absolute Gasteiger partial charge is 0.496 e. The molecule has 2 aromatic heterocycles. The number of thiophene rings is 1. The normalized spacial score (nSPS) is 14.9. The standard InChI is InChI=1S/C35H28F3N3O4S2/c1-20-8-4-5-11-26(20)40-32(42)30-21(2)39-34-41(31(30)28-12-7-15-46-28)33(43)29(47-34)17-22-13-14-27(44-3)23(16-22)19-45-25-10-6-9-24(18-25)35(36,37)38/h4-18,31H,19H2,1-3H3,(H,40,42)/b29-17+. The molecule has 0 bridgehead atoms. The van der Waals surface area contributed by atoms with Gasteiger partial charge in [-0.1, -0.05) is 47.7 Å². The van der Waals surface area contributed by atoms with Gasteiger partial charge >= 0.3 is 6.18 Å². The molecule has 0 aliphatic carbocycles. The quantitative estimate of drug-likeness (QED) is 0.195. The van der Waals surface area contributed by atoms with Crippen molar-refractivity contribution in [2.75, 3.05) is 12.4 Å². The highest BCUT2D eigenvalue weighted by Gasteiger charge is 2.33. The summed E-state index contributed by atoms with van der Waals surface area (Å²) in [5, 5.41) is 4.90. The molecule has 1 aliphatic rings. The Labute approximate surface area is 275 Å². The van der Waals surface area contributed by atoms with Crippen LogP contribution < -0.4 is 29.7 Å². The molecule has 0 spiro atoms. The Morgan fingerprint density at radius 2 is 1.85 bits per heavy atom. The number of nitrogens with zero attached hydrogens (tertiary/aromatic N) is 2. The highest BCUT2D eigenvalue weighted by atomic mass is 32.1. The van der Waals surface area contributed by atoms with Gasteiger partial charge in [-0.2, -0.15) is 13.2 Å². The summed E-state index contributed by atoms with van der Waals surface area (Å²) >= 11 is 2.66. The summed E-state index contributed by atoms with van der Waals surface area (Å²) in [5.41, 5.74) is 2.59. The molecule has 1 aliphatic heterocycles. The third-order valence-corrected chi connectivity index (χ3v) is 9.54. The van der Waals surface area contributed by atoms with Crippen molar-refractivity contribution in [1.29, 1.82) is 0 Å². The number of benzene rings is 3. The predicted molar refractivity (Wildman–Crippen MR) is 177 cm³/mol. The second kappa shape index (κ2) is 13.0. The Balaban J connectivity index is 1.35.